The lowest BCUT2D eigenvalue weighted by Crippen LogP contribution is -2.33. The van der Waals surface area contributed by atoms with Gasteiger partial charge in [0.2, 0.25) is 10.0 Å². The van der Waals surface area contributed by atoms with Gasteiger partial charge in [0.15, 0.2) is 5.78 Å². The Hall–Kier alpha value is -2.10. The molecule has 2 aromatic carbocycles. The van der Waals surface area contributed by atoms with Gasteiger partial charge < -0.3 is 4.74 Å². The number of rotatable bonds is 7. The highest BCUT2D eigenvalue weighted by Gasteiger charge is 2.23. The maximum absolute atomic E-state index is 13.1. The first kappa shape index (κ1) is 21.2. The van der Waals surface area contributed by atoms with Crippen molar-refractivity contribution < 1.29 is 27.1 Å². The quantitative estimate of drug-likeness (QED) is 0.471. The Morgan fingerprint density at radius 2 is 1.78 bits per heavy atom. The van der Waals surface area contributed by atoms with Crippen LogP contribution < -0.4 is 0 Å². The Morgan fingerprint density at radius 3 is 2.33 bits per heavy atom. The van der Waals surface area contributed by atoms with E-state index in [1.54, 1.807) is 0 Å². The summed E-state index contributed by atoms with van der Waals surface area (Å²) >= 11 is 3.16. The van der Waals surface area contributed by atoms with E-state index in [1.807, 2.05) is 0 Å². The molecule has 0 aliphatic heterocycles. The average molecular weight is 458 g/mol. The lowest BCUT2D eigenvalue weighted by molar-refractivity contribution is -0.144. The molecule has 0 atom stereocenters. The van der Waals surface area contributed by atoms with Gasteiger partial charge in [0.05, 0.1) is 4.90 Å². The Labute approximate surface area is 165 Å². The van der Waals surface area contributed by atoms with Crippen LogP contribution in [0.15, 0.2) is 51.8 Å². The molecule has 0 spiro atoms. The Bertz CT molecular complexity index is 960. The van der Waals surface area contributed by atoms with Crippen LogP contribution >= 0.6 is 15.9 Å². The van der Waals surface area contributed by atoms with Crippen molar-refractivity contribution in [1.82, 2.24) is 4.31 Å². The van der Waals surface area contributed by atoms with E-state index in [2.05, 4.69) is 15.9 Å². The average Bonchev–Trinajstić information content (AvgIpc) is 2.61. The van der Waals surface area contributed by atoms with E-state index >= 15 is 0 Å². The summed E-state index contributed by atoms with van der Waals surface area (Å²) in [7, 11) is -2.66. The first-order chi connectivity index (χ1) is 12.6. The predicted molar refractivity (Wildman–Crippen MR) is 100 cm³/mol. The molecule has 0 heterocycles. The Kier molecular flexibility index (Phi) is 6.85. The zero-order valence-electron chi connectivity index (χ0n) is 14.6. The second-order valence-electron chi connectivity index (χ2n) is 5.74. The number of esters is 1. The predicted octanol–water partition coefficient (Wildman–Crippen LogP) is 3.15. The van der Waals surface area contributed by atoms with Crippen molar-refractivity contribution in [2.24, 2.45) is 0 Å². The van der Waals surface area contributed by atoms with E-state index in [1.165, 1.54) is 56.4 Å². The number of hydrogen-bond donors (Lipinski definition) is 0. The molecule has 0 fully saturated rings. The molecule has 27 heavy (non-hydrogen) atoms. The van der Waals surface area contributed by atoms with E-state index in [9.17, 15) is 22.4 Å². The van der Waals surface area contributed by atoms with Gasteiger partial charge >= 0.3 is 5.97 Å². The molecule has 0 amide bonds. The third kappa shape index (κ3) is 5.44. The summed E-state index contributed by atoms with van der Waals surface area (Å²) in [6.45, 7) is 0.765. The van der Waals surface area contributed by atoms with Crippen LogP contribution in [0.2, 0.25) is 0 Å². The smallest absolute Gasteiger partial charge is 0.321 e. The molecule has 0 aliphatic carbocycles. The molecule has 2 aromatic rings. The van der Waals surface area contributed by atoms with E-state index in [4.69, 9.17) is 4.74 Å². The zero-order chi connectivity index (χ0) is 20.2. The summed E-state index contributed by atoms with van der Waals surface area (Å²) in [4.78, 5) is 23.2. The van der Waals surface area contributed by atoms with Crippen molar-refractivity contribution >= 4 is 37.7 Å². The summed E-state index contributed by atoms with van der Waals surface area (Å²) < 4.78 is 44.4. The van der Waals surface area contributed by atoms with Crippen LogP contribution in [0.5, 0.6) is 0 Å². The molecular weight excluding hydrogens is 441 g/mol. The van der Waals surface area contributed by atoms with Crippen molar-refractivity contribution in [3.8, 4) is 0 Å². The summed E-state index contributed by atoms with van der Waals surface area (Å²) in [6.07, 6.45) is 0. The van der Waals surface area contributed by atoms with E-state index in [0.29, 0.717) is 15.6 Å². The van der Waals surface area contributed by atoms with Gasteiger partial charge in [0.1, 0.15) is 19.0 Å². The molecule has 0 saturated heterocycles. The minimum absolute atomic E-state index is 0.0379. The number of likely N-dealkylation sites (N-methyl/N-ethyl adjacent to an activating group) is 1. The van der Waals surface area contributed by atoms with Crippen LogP contribution in [0, 0.1) is 5.82 Å². The second kappa shape index (κ2) is 8.73. The van der Waals surface area contributed by atoms with E-state index < -0.39 is 28.4 Å². The van der Waals surface area contributed by atoms with Crippen molar-refractivity contribution in [3.63, 3.8) is 0 Å². The molecule has 2 rings (SSSR count). The van der Waals surface area contributed by atoms with Crippen molar-refractivity contribution in [3.05, 3.63) is 63.9 Å². The van der Waals surface area contributed by atoms with Crippen LogP contribution in [-0.2, 0) is 26.2 Å². The molecular formula is C18H17BrFNO5S. The van der Waals surface area contributed by atoms with Gasteiger partial charge in [-0.1, -0.05) is 34.1 Å². The van der Waals surface area contributed by atoms with Gasteiger partial charge in [-0.25, -0.2) is 12.8 Å². The van der Waals surface area contributed by atoms with Gasteiger partial charge in [-0.2, -0.15) is 4.31 Å². The number of halogens is 2. The largest absolute Gasteiger partial charge is 0.460 e. The first-order valence-corrected chi connectivity index (χ1v) is 10.0. The highest BCUT2D eigenvalue weighted by atomic mass is 79.9. The van der Waals surface area contributed by atoms with Gasteiger partial charge in [-0.3, -0.25) is 9.59 Å². The van der Waals surface area contributed by atoms with Gasteiger partial charge in [-0.15, -0.1) is 0 Å². The van der Waals surface area contributed by atoms with Crippen molar-refractivity contribution in [2.45, 2.75) is 18.4 Å². The first-order valence-electron chi connectivity index (χ1n) is 7.78. The number of sulfonamides is 1. The number of ether oxygens (including phenoxy) is 1. The number of hydrogen-bond acceptors (Lipinski definition) is 5. The van der Waals surface area contributed by atoms with Gasteiger partial charge in [0.25, 0.3) is 0 Å². The number of benzene rings is 2. The fraction of sp³-hybridized carbons (Fsp3) is 0.222. The van der Waals surface area contributed by atoms with Crippen LogP contribution in [0.1, 0.15) is 22.8 Å². The third-order valence-corrected chi connectivity index (χ3v) is 6.28. The van der Waals surface area contributed by atoms with E-state index in [-0.39, 0.29) is 17.3 Å². The minimum atomic E-state index is -3.91. The minimum Gasteiger partial charge on any atom is -0.460 e. The zero-order valence-corrected chi connectivity index (χ0v) is 17.0. The topological polar surface area (TPSA) is 80.8 Å². The van der Waals surface area contributed by atoms with Gasteiger partial charge in [-0.05, 0) is 31.2 Å². The van der Waals surface area contributed by atoms with Crippen molar-refractivity contribution in [2.75, 3.05) is 13.6 Å². The molecule has 0 bridgehead atoms. The molecule has 0 radical (unpaired) electrons. The Morgan fingerprint density at radius 1 is 1.15 bits per heavy atom. The molecule has 0 unspecified atom stereocenters. The fourth-order valence-corrected chi connectivity index (χ4v) is 3.73. The SMILES string of the molecule is CC(=O)c1ccc(S(=O)(=O)N(C)CC(=O)OCc2ccc(F)cc2Br)cc1. The summed E-state index contributed by atoms with van der Waals surface area (Å²) in [5, 5.41) is 0. The summed E-state index contributed by atoms with van der Waals surface area (Å²) in [6, 6.07) is 9.37. The van der Waals surface area contributed by atoms with Crippen LogP contribution in [0.3, 0.4) is 0 Å². The van der Waals surface area contributed by atoms with Crippen molar-refractivity contribution in [1.29, 1.82) is 0 Å². The molecule has 9 heteroatoms. The lowest BCUT2D eigenvalue weighted by Gasteiger charge is -2.16. The van der Waals surface area contributed by atoms with Crippen LogP contribution in [-0.4, -0.2) is 38.1 Å². The third-order valence-electron chi connectivity index (χ3n) is 3.72. The molecule has 0 aromatic heterocycles. The van der Waals surface area contributed by atoms with Gasteiger partial charge in [0, 0.05) is 22.6 Å². The monoisotopic (exact) mass is 457 g/mol. The second-order valence-corrected chi connectivity index (χ2v) is 8.64. The molecule has 144 valence electrons. The number of carbonyl (C=O) groups is 2. The molecule has 6 nitrogen and oxygen atoms in total. The highest BCUT2D eigenvalue weighted by molar-refractivity contribution is 9.10. The standard InChI is InChI=1S/C18H17BrFNO5S/c1-12(22)13-4-7-16(8-5-13)27(24,25)21(2)10-18(23)26-11-14-3-6-15(20)9-17(14)19/h3-9H,10-11H2,1-2H3. The van der Waals surface area contributed by atoms with Crippen LogP contribution in [0.4, 0.5) is 4.39 Å². The molecule has 0 saturated carbocycles. The maximum atomic E-state index is 13.1. The molecule has 0 N–H and O–H groups in total. The maximum Gasteiger partial charge on any atom is 0.321 e. The Balaban J connectivity index is 2.00. The summed E-state index contributed by atoms with van der Waals surface area (Å²) in [5.74, 6) is -1.36. The molecule has 0 aliphatic rings. The normalized spacial score (nSPS) is 11.4. The highest BCUT2D eigenvalue weighted by Crippen LogP contribution is 2.19. The number of carbonyl (C=O) groups excluding carboxylic acids is 2. The lowest BCUT2D eigenvalue weighted by atomic mass is 10.2. The number of nitrogens with zero attached hydrogens (tertiary/aromatic N) is 1. The number of Topliss-reactive ketones (excluding diaryl/α,β-unsaturated/α-hetero) is 1. The van der Waals surface area contributed by atoms with Crippen LogP contribution in [0.25, 0.3) is 0 Å². The van der Waals surface area contributed by atoms with E-state index in [0.717, 1.165) is 4.31 Å². The summed E-state index contributed by atoms with van der Waals surface area (Å²) in [5.41, 5.74) is 0.941. The number of ketones is 1. The fourth-order valence-electron chi connectivity index (χ4n) is 2.15.